The number of hydrogen-bond acceptors (Lipinski definition) is 4. The van der Waals surface area contributed by atoms with E-state index in [1.165, 1.54) is 9.80 Å². The summed E-state index contributed by atoms with van der Waals surface area (Å²) in [5.41, 5.74) is -0.0726. The average molecular weight is 469 g/mol. The smallest absolute Gasteiger partial charge is 0.396 e. The van der Waals surface area contributed by atoms with Gasteiger partial charge in [0.05, 0.1) is 17.8 Å². The fourth-order valence-corrected chi connectivity index (χ4v) is 4.32. The molecule has 0 saturated heterocycles. The Kier molecular flexibility index (Phi) is 5.81. The fourth-order valence-electron chi connectivity index (χ4n) is 4.32. The van der Waals surface area contributed by atoms with Gasteiger partial charge in [0.2, 0.25) is 0 Å². The second kappa shape index (κ2) is 8.32. The molecule has 33 heavy (non-hydrogen) atoms. The van der Waals surface area contributed by atoms with Gasteiger partial charge in [0.25, 0.3) is 5.91 Å². The third-order valence-corrected chi connectivity index (χ3v) is 6.04. The Morgan fingerprint density at radius 1 is 1.30 bits per heavy atom. The minimum absolute atomic E-state index is 0.0361. The van der Waals surface area contributed by atoms with E-state index >= 15 is 0 Å². The molecule has 3 amide bonds. The minimum atomic E-state index is -4.90. The molecule has 2 aliphatic heterocycles. The second-order valence-electron chi connectivity index (χ2n) is 8.49. The van der Waals surface area contributed by atoms with Gasteiger partial charge in [-0.15, -0.1) is 0 Å². The molecular formula is C21H23F4N5O3. The molecule has 12 heteroatoms. The number of carbonyl (C=O) groups is 2. The van der Waals surface area contributed by atoms with Crippen molar-refractivity contribution in [2.75, 3.05) is 25.5 Å². The molecular weight excluding hydrogens is 446 g/mol. The lowest BCUT2D eigenvalue weighted by Gasteiger charge is -2.33. The molecule has 0 bridgehead atoms. The predicted molar refractivity (Wildman–Crippen MR) is 109 cm³/mol. The van der Waals surface area contributed by atoms with Gasteiger partial charge in [0, 0.05) is 56.4 Å². The maximum atomic E-state index is 13.6. The molecule has 0 saturated carbocycles. The molecule has 3 heterocycles. The van der Waals surface area contributed by atoms with Crippen LogP contribution in [0.5, 0.6) is 0 Å². The van der Waals surface area contributed by atoms with E-state index in [2.05, 4.69) is 10.4 Å². The summed E-state index contributed by atoms with van der Waals surface area (Å²) in [6.07, 6.45) is -4.55. The second-order valence-corrected chi connectivity index (χ2v) is 8.49. The van der Waals surface area contributed by atoms with E-state index in [9.17, 15) is 32.3 Å². The number of aliphatic hydroxyl groups excluding tert-OH is 1. The van der Waals surface area contributed by atoms with Crippen molar-refractivity contribution < 1.29 is 32.3 Å². The predicted octanol–water partition coefficient (Wildman–Crippen LogP) is 2.71. The molecule has 0 fully saturated rings. The molecule has 4 rings (SSSR count). The van der Waals surface area contributed by atoms with Crippen molar-refractivity contribution in [3.63, 3.8) is 0 Å². The van der Waals surface area contributed by atoms with Crippen LogP contribution in [0.4, 0.5) is 28.0 Å². The maximum absolute atomic E-state index is 13.6. The maximum Gasteiger partial charge on any atom is 0.419 e. The third kappa shape index (κ3) is 4.26. The Morgan fingerprint density at radius 2 is 2.03 bits per heavy atom. The standard InChI is InChI=1S/C21H23F4N5O3/c1-11-5-17-14(18-19(32)28(2)7-12(10-31)8-30(18)27-17)9-29(11)20(33)26-13-3-4-16(22)15(6-13)21(23,24)25/h3-4,6,11-12,31H,5,7-10H2,1-2H3,(H,26,33)/t11-,12-/m1/s1. The Labute approximate surface area is 186 Å². The summed E-state index contributed by atoms with van der Waals surface area (Å²) in [6, 6.07) is 1.24. The van der Waals surface area contributed by atoms with Crippen LogP contribution in [0.1, 0.15) is 34.2 Å². The monoisotopic (exact) mass is 469 g/mol. The summed E-state index contributed by atoms with van der Waals surface area (Å²) < 4.78 is 54.1. The van der Waals surface area contributed by atoms with Crippen LogP contribution in [0.15, 0.2) is 18.2 Å². The molecule has 178 valence electrons. The van der Waals surface area contributed by atoms with Crippen LogP contribution >= 0.6 is 0 Å². The van der Waals surface area contributed by atoms with Gasteiger partial charge >= 0.3 is 12.2 Å². The first-order chi connectivity index (χ1) is 15.5. The molecule has 2 atom stereocenters. The van der Waals surface area contributed by atoms with Gasteiger partial charge in [-0.3, -0.25) is 9.48 Å². The zero-order valence-electron chi connectivity index (χ0n) is 18.0. The number of nitrogens with zero attached hydrogens (tertiary/aromatic N) is 4. The number of nitrogens with one attached hydrogen (secondary N) is 1. The molecule has 0 radical (unpaired) electrons. The molecule has 1 aromatic heterocycles. The van der Waals surface area contributed by atoms with Crippen LogP contribution in [0.3, 0.4) is 0 Å². The highest BCUT2D eigenvalue weighted by Gasteiger charge is 2.38. The van der Waals surface area contributed by atoms with Crippen LogP contribution in [0.2, 0.25) is 0 Å². The van der Waals surface area contributed by atoms with E-state index in [1.54, 1.807) is 18.7 Å². The zero-order chi connectivity index (χ0) is 24.1. The average Bonchev–Trinajstić information content (AvgIpc) is 3.02. The number of aromatic nitrogens is 2. The highest BCUT2D eigenvalue weighted by molar-refractivity contribution is 5.95. The number of carbonyl (C=O) groups excluding carboxylic acids is 2. The van der Waals surface area contributed by atoms with Crippen molar-refractivity contribution >= 4 is 17.6 Å². The molecule has 8 nitrogen and oxygen atoms in total. The lowest BCUT2D eigenvalue weighted by Crippen LogP contribution is -2.45. The number of urea groups is 1. The lowest BCUT2D eigenvalue weighted by molar-refractivity contribution is -0.139. The number of rotatable bonds is 2. The zero-order valence-corrected chi connectivity index (χ0v) is 18.0. The molecule has 0 unspecified atom stereocenters. The van der Waals surface area contributed by atoms with Crippen LogP contribution in [-0.2, 0) is 25.7 Å². The highest BCUT2D eigenvalue weighted by atomic mass is 19.4. The highest BCUT2D eigenvalue weighted by Crippen LogP contribution is 2.34. The summed E-state index contributed by atoms with van der Waals surface area (Å²) in [6.45, 7) is 2.41. The van der Waals surface area contributed by atoms with E-state index in [0.717, 1.165) is 6.07 Å². The summed E-state index contributed by atoms with van der Waals surface area (Å²) in [5.74, 6) is -1.88. The van der Waals surface area contributed by atoms with Crippen LogP contribution in [-0.4, -0.2) is 62.9 Å². The first kappa shape index (κ1) is 23.0. The van der Waals surface area contributed by atoms with E-state index in [-0.39, 0.29) is 36.7 Å². The third-order valence-electron chi connectivity index (χ3n) is 6.04. The molecule has 2 aromatic rings. The van der Waals surface area contributed by atoms with Crippen molar-refractivity contribution in [1.29, 1.82) is 0 Å². The molecule has 1 aromatic carbocycles. The minimum Gasteiger partial charge on any atom is -0.396 e. The van der Waals surface area contributed by atoms with E-state index in [0.29, 0.717) is 48.6 Å². The first-order valence-electron chi connectivity index (χ1n) is 10.4. The van der Waals surface area contributed by atoms with E-state index < -0.39 is 23.6 Å². The number of aliphatic hydroxyl groups is 1. The summed E-state index contributed by atoms with van der Waals surface area (Å²) in [5, 5.41) is 16.5. The number of alkyl halides is 3. The Hall–Kier alpha value is -3.15. The number of anilines is 1. The van der Waals surface area contributed by atoms with Crippen LogP contribution in [0.25, 0.3) is 0 Å². The van der Waals surface area contributed by atoms with Crippen LogP contribution < -0.4 is 5.32 Å². The molecule has 2 N–H and O–H groups in total. The largest absolute Gasteiger partial charge is 0.419 e. The van der Waals surface area contributed by atoms with Gasteiger partial charge in [-0.05, 0) is 25.1 Å². The topological polar surface area (TPSA) is 90.7 Å². The fraction of sp³-hybridized carbons (Fsp3) is 0.476. The van der Waals surface area contributed by atoms with Crippen molar-refractivity contribution in [2.45, 2.75) is 38.7 Å². The Bertz CT molecular complexity index is 1100. The summed E-state index contributed by atoms with van der Waals surface area (Å²) >= 11 is 0. The summed E-state index contributed by atoms with van der Waals surface area (Å²) in [7, 11) is 1.63. The lowest BCUT2D eigenvalue weighted by atomic mass is 9.99. The van der Waals surface area contributed by atoms with E-state index in [1.807, 2.05) is 0 Å². The molecule has 0 aliphatic carbocycles. The number of hydrogen-bond donors (Lipinski definition) is 2. The SMILES string of the molecule is C[C@@H]1Cc2nn3c(c2CN1C(=O)Nc1ccc(F)c(C(F)(F)F)c1)C(=O)N(C)C[C@@H](CO)C3. The number of amides is 3. The van der Waals surface area contributed by atoms with Crippen molar-refractivity contribution in [1.82, 2.24) is 19.6 Å². The number of benzene rings is 1. The van der Waals surface area contributed by atoms with Crippen molar-refractivity contribution in [3.8, 4) is 0 Å². The molecule has 2 aliphatic rings. The van der Waals surface area contributed by atoms with Gasteiger partial charge in [-0.1, -0.05) is 0 Å². The first-order valence-corrected chi connectivity index (χ1v) is 10.4. The summed E-state index contributed by atoms with van der Waals surface area (Å²) in [4.78, 5) is 28.8. The quantitative estimate of drug-likeness (QED) is 0.662. The van der Waals surface area contributed by atoms with Gasteiger partial charge in [0.15, 0.2) is 0 Å². The van der Waals surface area contributed by atoms with Gasteiger partial charge in [-0.2, -0.15) is 18.3 Å². The van der Waals surface area contributed by atoms with Crippen molar-refractivity contribution in [3.05, 3.63) is 46.5 Å². The van der Waals surface area contributed by atoms with Crippen molar-refractivity contribution in [2.24, 2.45) is 5.92 Å². The van der Waals surface area contributed by atoms with Gasteiger partial charge in [0.1, 0.15) is 11.5 Å². The molecule has 0 spiro atoms. The Morgan fingerprint density at radius 3 is 2.70 bits per heavy atom. The Balaban J connectivity index is 1.60. The van der Waals surface area contributed by atoms with E-state index in [4.69, 9.17) is 0 Å². The van der Waals surface area contributed by atoms with Gasteiger partial charge in [-0.25, -0.2) is 9.18 Å². The van der Waals surface area contributed by atoms with Crippen LogP contribution in [0, 0.1) is 11.7 Å². The normalized spacial score (nSPS) is 20.9. The number of fused-ring (bicyclic) bond motifs is 3. The van der Waals surface area contributed by atoms with Gasteiger partial charge < -0.3 is 20.2 Å². The number of halogens is 4.